The third-order valence-electron chi connectivity index (χ3n) is 2.72. The Morgan fingerprint density at radius 3 is 2.65 bits per heavy atom. The zero-order valence-electron chi connectivity index (χ0n) is 9.38. The summed E-state index contributed by atoms with van der Waals surface area (Å²) in [7, 11) is 0. The van der Waals surface area contributed by atoms with Gasteiger partial charge in [-0.05, 0) is 18.6 Å². The number of aromatic nitrogens is 1. The van der Waals surface area contributed by atoms with Gasteiger partial charge in [-0.2, -0.15) is 0 Å². The standard InChI is InChI=1S/C14H11NOS/c1-10-12(7-8-16-10)13-14(17-9-15-13)11-5-3-2-4-6-11/h2-9H,1H3. The summed E-state index contributed by atoms with van der Waals surface area (Å²) in [4.78, 5) is 5.64. The molecule has 0 N–H and O–H groups in total. The van der Waals surface area contributed by atoms with Crippen molar-refractivity contribution in [3.8, 4) is 21.7 Å². The molecule has 0 radical (unpaired) electrons. The third kappa shape index (κ3) is 1.78. The summed E-state index contributed by atoms with van der Waals surface area (Å²) >= 11 is 1.66. The van der Waals surface area contributed by atoms with Crippen LogP contribution in [0.3, 0.4) is 0 Å². The highest BCUT2D eigenvalue weighted by atomic mass is 32.1. The fourth-order valence-corrected chi connectivity index (χ4v) is 2.67. The van der Waals surface area contributed by atoms with Gasteiger partial charge in [-0.3, -0.25) is 0 Å². The SMILES string of the molecule is Cc1occc1-c1ncsc1-c1ccccc1. The molecule has 3 rings (SSSR count). The molecule has 2 heterocycles. The van der Waals surface area contributed by atoms with Crippen molar-refractivity contribution in [3.05, 3.63) is 53.9 Å². The van der Waals surface area contributed by atoms with Gasteiger partial charge >= 0.3 is 0 Å². The lowest BCUT2D eigenvalue weighted by atomic mass is 10.1. The smallest absolute Gasteiger partial charge is 0.110 e. The van der Waals surface area contributed by atoms with E-state index in [1.54, 1.807) is 17.6 Å². The van der Waals surface area contributed by atoms with Crippen LogP contribution >= 0.6 is 11.3 Å². The molecule has 0 saturated heterocycles. The van der Waals surface area contributed by atoms with Crippen molar-refractivity contribution in [2.45, 2.75) is 6.92 Å². The van der Waals surface area contributed by atoms with Crippen LogP contribution < -0.4 is 0 Å². The predicted octanol–water partition coefficient (Wildman–Crippen LogP) is 4.38. The van der Waals surface area contributed by atoms with Gasteiger partial charge in [0, 0.05) is 5.56 Å². The molecule has 0 spiro atoms. The number of hydrogen-bond acceptors (Lipinski definition) is 3. The summed E-state index contributed by atoms with van der Waals surface area (Å²) in [5, 5.41) is 0. The maximum absolute atomic E-state index is 5.34. The van der Waals surface area contributed by atoms with E-state index in [0.29, 0.717) is 0 Å². The number of rotatable bonds is 2. The zero-order chi connectivity index (χ0) is 11.7. The molecular formula is C14H11NOS. The lowest BCUT2D eigenvalue weighted by Crippen LogP contribution is -1.81. The van der Waals surface area contributed by atoms with E-state index in [2.05, 4.69) is 17.1 Å². The highest BCUT2D eigenvalue weighted by Gasteiger charge is 2.13. The van der Waals surface area contributed by atoms with Crippen molar-refractivity contribution in [3.63, 3.8) is 0 Å². The fraction of sp³-hybridized carbons (Fsp3) is 0.0714. The van der Waals surface area contributed by atoms with Gasteiger partial charge < -0.3 is 4.42 Å². The average molecular weight is 241 g/mol. The van der Waals surface area contributed by atoms with Gasteiger partial charge in [0.25, 0.3) is 0 Å². The lowest BCUT2D eigenvalue weighted by Gasteiger charge is -2.01. The number of nitrogens with zero attached hydrogens (tertiary/aromatic N) is 1. The number of furan rings is 1. The molecule has 3 heteroatoms. The summed E-state index contributed by atoms with van der Waals surface area (Å²) in [6.45, 7) is 1.96. The van der Waals surface area contributed by atoms with Crippen molar-refractivity contribution in [2.75, 3.05) is 0 Å². The van der Waals surface area contributed by atoms with Crippen LogP contribution in [0, 0.1) is 6.92 Å². The summed E-state index contributed by atoms with van der Waals surface area (Å²) in [6, 6.07) is 12.3. The van der Waals surface area contributed by atoms with Crippen LogP contribution in [0.4, 0.5) is 0 Å². The van der Waals surface area contributed by atoms with E-state index in [1.165, 1.54) is 10.4 Å². The lowest BCUT2D eigenvalue weighted by molar-refractivity contribution is 0.535. The van der Waals surface area contributed by atoms with Crippen molar-refractivity contribution >= 4 is 11.3 Å². The molecule has 0 bridgehead atoms. The Hall–Kier alpha value is -1.87. The normalized spacial score (nSPS) is 10.6. The molecule has 3 aromatic rings. The van der Waals surface area contributed by atoms with Crippen LogP contribution in [0.2, 0.25) is 0 Å². The Morgan fingerprint density at radius 1 is 1.12 bits per heavy atom. The minimum atomic E-state index is 0.910. The summed E-state index contributed by atoms with van der Waals surface area (Å²) in [5.41, 5.74) is 5.16. The van der Waals surface area contributed by atoms with Gasteiger partial charge in [0.05, 0.1) is 22.3 Å². The van der Waals surface area contributed by atoms with Gasteiger partial charge in [0.2, 0.25) is 0 Å². The van der Waals surface area contributed by atoms with Crippen LogP contribution in [0.15, 0.2) is 52.6 Å². The van der Waals surface area contributed by atoms with E-state index in [4.69, 9.17) is 4.42 Å². The van der Waals surface area contributed by atoms with E-state index in [1.807, 2.05) is 36.7 Å². The molecule has 0 saturated carbocycles. The van der Waals surface area contributed by atoms with Gasteiger partial charge in [0.1, 0.15) is 5.76 Å². The van der Waals surface area contributed by atoms with Gasteiger partial charge in [-0.25, -0.2) is 4.98 Å². The molecule has 2 nitrogen and oxygen atoms in total. The molecule has 0 aliphatic carbocycles. The van der Waals surface area contributed by atoms with Crippen LogP contribution in [0.1, 0.15) is 5.76 Å². The average Bonchev–Trinajstić information content (AvgIpc) is 2.98. The number of benzene rings is 1. The molecule has 84 valence electrons. The third-order valence-corrected chi connectivity index (χ3v) is 3.59. The Morgan fingerprint density at radius 2 is 1.94 bits per heavy atom. The fourth-order valence-electron chi connectivity index (χ4n) is 1.86. The molecule has 0 aliphatic rings. The van der Waals surface area contributed by atoms with Gasteiger partial charge in [0.15, 0.2) is 0 Å². The van der Waals surface area contributed by atoms with E-state index >= 15 is 0 Å². The van der Waals surface area contributed by atoms with Crippen molar-refractivity contribution < 1.29 is 4.42 Å². The molecule has 0 unspecified atom stereocenters. The second-order valence-corrected chi connectivity index (χ2v) is 4.64. The summed E-state index contributed by atoms with van der Waals surface area (Å²) < 4.78 is 5.34. The quantitative estimate of drug-likeness (QED) is 0.665. The largest absolute Gasteiger partial charge is 0.469 e. The first-order chi connectivity index (χ1) is 8.36. The van der Waals surface area contributed by atoms with Crippen LogP contribution in [0.5, 0.6) is 0 Å². The summed E-state index contributed by atoms with van der Waals surface area (Å²) in [5.74, 6) is 0.910. The molecule has 1 aromatic carbocycles. The van der Waals surface area contributed by atoms with Crippen LogP contribution in [-0.2, 0) is 0 Å². The Kier molecular flexibility index (Phi) is 2.53. The second-order valence-electron chi connectivity index (χ2n) is 3.79. The molecular weight excluding hydrogens is 230 g/mol. The Balaban J connectivity index is 2.16. The molecule has 2 aromatic heterocycles. The van der Waals surface area contributed by atoms with Crippen molar-refractivity contribution in [1.29, 1.82) is 0 Å². The molecule has 0 atom stereocenters. The van der Waals surface area contributed by atoms with Crippen LogP contribution in [-0.4, -0.2) is 4.98 Å². The summed E-state index contributed by atoms with van der Waals surface area (Å²) in [6.07, 6.45) is 1.71. The minimum Gasteiger partial charge on any atom is -0.469 e. The highest BCUT2D eigenvalue weighted by Crippen LogP contribution is 2.36. The van der Waals surface area contributed by atoms with Gasteiger partial charge in [-0.15, -0.1) is 11.3 Å². The second kappa shape index (κ2) is 4.18. The predicted molar refractivity (Wildman–Crippen MR) is 70.0 cm³/mol. The monoisotopic (exact) mass is 241 g/mol. The van der Waals surface area contributed by atoms with Gasteiger partial charge in [-0.1, -0.05) is 30.3 Å². The minimum absolute atomic E-state index is 0.910. The van der Waals surface area contributed by atoms with E-state index in [-0.39, 0.29) is 0 Å². The maximum Gasteiger partial charge on any atom is 0.110 e. The number of thiazole rings is 1. The van der Waals surface area contributed by atoms with E-state index in [0.717, 1.165) is 17.0 Å². The first-order valence-corrected chi connectivity index (χ1v) is 6.27. The Bertz CT molecular complexity index is 624. The zero-order valence-corrected chi connectivity index (χ0v) is 10.2. The highest BCUT2D eigenvalue weighted by molar-refractivity contribution is 7.13. The molecule has 17 heavy (non-hydrogen) atoms. The van der Waals surface area contributed by atoms with E-state index in [9.17, 15) is 0 Å². The Labute approximate surface area is 104 Å². The van der Waals surface area contributed by atoms with Crippen LogP contribution in [0.25, 0.3) is 21.7 Å². The first kappa shape index (κ1) is 10.3. The molecule has 0 aliphatic heterocycles. The first-order valence-electron chi connectivity index (χ1n) is 5.39. The maximum atomic E-state index is 5.34. The number of hydrogen-bond donors (Lipinski definition) is 0. The molecule has 0 fully saturated rings. The molecule has 0 amide bonds. The number of aryl methyl sites for hydroxylation is 1. The van der Waals surface area contributed by atoms with E-state index < -0.39 is 0 Å². The van der Waals surface area contributed by atoms with Crippen molar-refractivity contribution in [2.24, 2.45) is 0 Å². The van der Waals surface area contributed by atoms with Crippen molar-refractivity contribution in [1.82, 2.24) is 4.98 Å². The topological polar surface area (TPSA) is 26.0 Å².